The maximum absolute atomic E-state index is 11.9. The first-order valence-corrected chi connectivity index (χ1v) is 7.01. The van der Waals surface area contributed by atoms with E-state index >= 15 is 0 Å². The third kappa shape index (κ3) is 3.05. The van der Waals surface area contributed by atoms with E-state index in [0.717, 1.165) is 0 Å². The average molecular weight is 333 g/mol. The summed E-state index contributed by atoms with van der Waals surface area (Å²) >= 11 is 6.37. The number of carbonyl (C=O) groups excluding carboxylic acids is 1. The van der Waals surface area contributed by atoms with Gasteiger partial charge < -0.3 is 14.8 Å². The van der Waals surface area contributed by atoms with Gasteiger partial charge >= 0.3 is 0 Å². The van der Waals surface area contributed by atoms with Gasteiger partial charge in [-0.05, 0) is 11.6 Å². The molecule has 1 aliphatic rings. The SMILES string of the molecule is COc1ccc(C2CC(=O)NC(=NC#N)C2C#N)c(Cl)c1OC. The van der Waals surface area contributed by atoms with Gasteiger partial charge in [0.05, 0.1) is 25.3 Å². The first kappa shape index (κ1) is 16.6. The quantitative estimate of drug-likeness (QED) is 0.851. The number of carbonyl (C=O) groups is 1. The summed E-state index contributed by atoms with van der Waals surface area (Å²) in [6, 6.07) is 5.41. The number of ether oxygens (including phenoxy) is 2. The van der Waals surface area contributed by atoms with Crippen LogP contribution in [0.4, 0.5) is 0 Å². The van der Waals surface area contributed by atoms with E-state index in [1.807, 2.05) is 0 Å². The zero-order valence-electron chi connectivity index (χ0n) is 12.5. The zero-order chi connectivity index (χ0) is 17.0. The van der Waals surface area contributed by atoms with Crippen molar-refractivity contribution in [1.82, 2.24) is 5.32 Å². The number of methoxy groups -OCH3 is 2. The summed E-state index contributed by atoms with van der Waals surface area (Å²) < 4.78 is 10.4. The molecule has 2 rings (SSSR count). The van der Waals surface area contributed by atoms with Crippen LogP contribution in [-0.4, -0.2) is 26.0 Å². The van der Waals surface area contributed by atoms with Crippen LogP contribution in [0, 0.1) is 28.7 Å². The fourth-order valence-corrected chi connectivity index (χ4v) is 2.94. The number of benzene rings is 1. The van der Waals surface area contributed by atoms with Crippen molar-refractivity contribution in [2.75, 3.05) is 14.2 Å². The van der Waals surface area contributed by atoms with Crippen molar-refractivity contribution in [3.8, 4) is 23.8 Å². The molecule has 23 heavy (non-hydrogen) atoms. The second-order valence-corrected chi connectivity index (χ2v) is 5.14. The number of aliphatic imine (C=N–C) groups is 1. The van der Waals surface area contributed by atoms with E-state index in [1.54, 1.807) is 18.3 Å². The topological polar surface area (TPSA) is 107 Å². The monoisotopic (exact) mass is 332 g/mol. The van der Waals surface area contributed by atoms with E-state index in [1.165, 1.54) is 14.2 Å². The van der Waals surface area contributed by atoms with Crippen molar-refractivity contribution in [3.63, 3.8) is 0 Å². The molecule has 0 aromatic heterocycles. The Morgan fingerprint density at radius 3 is 2.65 bits per heavy atom. The lowest BCUT2D eigenvalue weighted by atomic mass is 9.80. The van der Waals surface area contributed by atoms with E-state index in [0.29, 0.717) is 17.1 Å². The van der Waals surface area contributed by atoms with Crippen molar-refractivity contribution in [1.29, 1.82) is 10.5 Å². The summed E-state index contributed by atoms with van der Waals surface area (Å²) in [5, 5.41) is 20.9. The van der Waals surface area contributed by atoms with Gasteiger partial charge in [0.1, 0.15) is 11.8 Å². The lowest BCUT2D eigenvalue weighted by molar-refractivity contribution is -0.120. The van der Waals surface area contributed by atoms with E-state index in [2.05, 4.69) is 16.4 Å². The number of amidine groups is 1. The summed E-state index contributed by atoms with van der Waals surface area (Å²) in [7, 11) is 2.93. The Morgan fingerprint density at radius 1 is 1.35 bits per heavy atom. The predicted molar refractivity (Wildman–Crippen MR) is 82.2 cm³/mol. The standard InChI is InChI=1S/C15H13ClN4O3/c1-22-11-4-3-8(13(16)14(11)23-2)9-5-12(21)20-15(19-7-18)10(9)6-17/h3-4,9-10H,5H2,1-2H3,(H,19,20,21). The summed E-state index contributed by atoms with van der Waals surface area (Å²) in [4.78, 5) is 15.4. The van der Waals surface area contributed by atoms with Gasteiger partial charge in [-0.15, -0.1) is 0 Å². The number of nitriles is 2. The minimum Gasteiger partial charge on any atom is -0.493 e. The second kappa shape index (κ2) is 6.99. The van der Waals surface area contributed by atoms with Gasteiger partial charge in [0.25, 0.3) is 0 Å². The van der Waals surface area contributed by atoms with E-state index in [-0.39, 0.29) is 23.2 Å². The van der Waals surface area contributed by atoms with Crippen molar-refractivity contribution >= 4 is 23.3 Å². The molecule has 0 aliphatic carbocycles. The molecule has 1 amide bonds. The summed E-state index contributed by atoms with van der Waals surface area (Å²) in [5.41, 5.74) is 0.566. The fourth-order valence-electron chi connectivity index (χ4n) is 2.56. The number of piperidine rings is 1. The van der Waals surface area contributed by atoms with Crippen molar-refractivity contribution in [2.24, 2.45) is 10.9 Å². The van der Waals surface area contributed by atoms with E-state index in [4.69, 9.17) is 26.3 Å². The van der Waals surface area contributed by atoms with E-state index < -0.39 is 11.8 Å². The highest BCUT2D eigenvalue weighted by atomic mass is 35.5. The lowest BCUT2D eigenvalue weighted by Crippen LogP contribution is -2.44. The zero-order valence-corrected chi connectivity index (χ0v) is 13.2. The molecule has 8 heteroatoms. The average Bonchev–Trinajstić information content (AvgIpc) is 2.54. The third-order valence-electron chi connectivity index (χ3n) is 3.59. The van der Waals surface area contributed by atoms with Crippen LogP contribution in [0.3, 0.4) is 0 Å². The van der Waals surface area contributed by atoms with Crippen LogP contribution < -0.4 is 14.8 Å². The molecular formula is C15H13ClN4O3. The molecular weight excluding hydrogens is 320 g/mol. The molecule has 1 saturated heterocycles. The van der Waals surface area contributed by atoms with Gasteiger partial charge in [0.2, 0.25) is 12.1 Å². The maximum atomic E-state index is 11.9. The number of amides is 1. The molecule has 1 heterocycles. The molecule has 0 radical (unpaired) electrons. The fraction of sp³-hybridized carbons (Fsp3) is 0.333. The highest BCUT2D eigenvalue weighted by Gasteiger charge is 2.37. The minimum absolute atomic E-state index is 0.0297. The van der Waals surface area contributed by atoms with Crippen LogP contribution >= 0.6 is 11.6 Å². The largest absolute Gasteiger partial charge is 0.493 e. The van der Waals surface area contributed by atoms with Gasteiger partial charge in [0, 0.05) is 12.3 Å². The number of nitrogens with one attached hydrogen (secondary N) is 1. The maximum Gasteiger partial charge on any atom is 0.226 e. The Bertz CT molecular complexity index is 748. The van der Waals surface area contributed by atoms with Crippen LogP contribution in [0.2, 0.25) is 5.02 Å². The van der Waals surface area contributed by atoms with Gasteiger partial charge in [-0.25, -0.2) is 0 Å². The Morgan fingerprint density at radius 2 is 2.09 bits per heavy atom. The van der Waals surface area contributed by atoms with Gasteiger partial charge in [0.15, 0.2) is 11.5 Å². The predicted octanol–water partition coefficient (Wildman–Crippen LogP) is 1.98. The van der Waals surface area contributed by atoms with Gasteiger partial charge in [-0.2, -0.15) is 15.5 Å². The number of rotatable bonds is 3. The Balaban J connectivity index is 2.56. The van der Waals surface area contributed by atoms with Crippen LogP contribution in [0.1, 0.15) is 17.9 Å². The Kier molecular flexibility index (Phi) is 5.05. The van der Waals surface area contributed by atoms with Crippen molar-refractivity contribution in [3.05, 3.63) is 22.7 Å². The number of hydrogen-bond acceptors (Lipinski definition) is 6. The lowest BCUT2D eigenvalue weighted by Gasteiger charge is -2.29. The number of nitrogens with zero attached hydrogens (tertiary/aromatic N) is 3. The first-order chi connectivity index (χ1) is 11.1. The molecule has 2 unspecified atom stereocenters. The summed E-state index contributed by atoms with van der Waals surface area (Å²) in [6.45, 7) is 0. The summed E-state index contributed by atoms with van der Waals surface area (Å²) in [5.74, 6) is -0.853. The van der Waals surface area contributed by atoms with Crippen LogP contribution in [0.5, 0.6) is 11.5 Å². The molecule has 1 aromatic carbocycles. The first-order valence-electron chi connectivity index (χ1n) is 6.63. The molecule has 0 saturated carbocycles. The minimum atomic E-state index is -0.789. The Labute approximate surface area is 138 Å². The summed E-state index contributed by atoms with van der Waals surface area (Å²) in [6.07, 6.45) is 1.65. The number of halogens is 1. The molecule has 7 nitrogen and oxygen atoms in total. The van der Waals surface area contributed by atoms with Crippen molar-refractivity contribution in [2.45, 2.75) is 12.3 Å². The molecule has 118 valence electrons. The third-order valence-corrected chi connectivity index (χ3v) is 3.98. The van der Waals surface area contributed by atoms with Crippen molar-refractivity contribution < 1.29 is 14.3 Å². The molecule has 1 N–H and O–H groups in total. The second-order valence-electron chi connectivity index (χ2n) is 4.77. The number of hydrogen-bond donors (Lipinski definition) is 1. The highest BCUT2D eigenvalue weighted by molar-refractivity contribution is 6.33. The highest BCUT2D eigenvalue weighted by Crippen LogP contribution is 2.43. The van der Waals surface area contributed by atoms with Crippen LogP contribution in [0.15, 0.2) is 17.1 Å². The van der Waals surface area contributed by atoms with Crippen LogP contribution in [0.25, 0.3) is 0 Å². The molecule has 1 aliphatic heterocycles. The molecule has 2 atom stereocenters. The van der Waals surface area contributed by atoms with Crippen LogP contribution in [-0.2, 0) is 4.79 Å². The molecule has 0 bridgehead atoms. The molecule has 0 spiro atoms. The van der Waals surface area contributed by atoms with Gasteiger partial charge in [-0.3, -0.25) is 4.79 Å². The smallest absolute Gasteiger partial charge is 0.226 e. The van der Waals surface area contributed by atoms with Gasteiger partial charge in [-0.1, -0.05) is 17.7 Å². The normalized spacial score (nSPS) is 22.0. The molecule has 1 fully saturated rings. The van der Waals surface area contributed by atoms with E-state index in [9.17, 15) is 10.1 Å². The Hall–Kier alpha value is -2.77. The molecule has 1 aromatic rings.